The number of benzene rings is 1. The van der Waals surface area contributed by atoms with Gasteiger partial charge in [-0.25, -0.2) is 0 Å². The Kier molecular flexibility index (Phi) is 6.12. The summed E-state index contributed by atoms with van der Waals surface area (Å²) in [6.07, 6.45) is 1.26. The number of halogens is 2. The molecule has 2 unspecified atom stereocenters. The van der Waals surface area contributed by atoms with Gasteiger partial charge in [0.25, 0.3) is 0 Å². The summed E-state index contributed by atoms with van der Waals surface area (Å²) in [7, 11) is 2.13. The quantitative estimate of drug-likeness (QED) is 0.901. The van der Waals surface area contributed by atoms with Crippen LogP contribution in [0.25, 0.3) is 0 Å². The molecule has 3 nitrogen and oxygen atoms in total. The first-order valence-electron chi connectivity index (χ1n) is 7.08. The lowest BCUT2D eigenvalue weighted by Crippen LogP contribution is -2.45. The highest BCUT2D eigenvalue weighted by Gasteiger charge is 2.19. The predicted octanol–water partition coefficient (Wildman–Crippen LogP) is 3.36. The first kappa shape index (κ1) is 16.1. The number of rotatable bonds is 5. The molecule has 5 heteroatoms. The van der Waals surface area contributed by atoms with E-state index in [1.54, 1.807) is 0 Å². The molecule has 0 aromatic heterocycles. The normalized spacial score (nSPS) is 21.9. The molecule has 0 spiro atoms. The fourth-order valence-electron chi connectivity index (χ4n) is 2.49. The summed E-state index contributed by atoms with van der Waals surface area (Å²) in [6.45, 7) is 5.81. The minimum Gasteiger partial charge on any atom is -0.374 e. The van der Waals surface area contributed by atoms with Crippen LogP contribution in [0.1, 0.15) is 24.9 Å². The number of nitrogens with zero attached hydrogens (tertiary/aromatic N) is 1. The lowest BCUT2D eigenvalue weighted by atomic mass is 10.0. The Balaban J connectivity index is 1.93. The molecule has 1 aliphatic heterocycles. The first-order valence-corrected chi connectivity index (χ1v) is 7.84. The van der Waals surface area contributed by atoms with Crippen molar-refractivity contribution in [2.24, 2.45) is 0 Å². The summed E-state index contributed by atoms with van der Waals surface area (Å²) in [5, 5.41) is 4.78. The van der Waals surface area contributed by atoms with Crippen LogP contribution in [0, 0.1) is 0 Å². The van der Waals surface area contributed by atoms with E-state index in [1.165, 1.54) is 5.56 Å². The highest BCUT2D eigenvalue weighted by Crippen LogP contribution is 2.26. The van der Waals surface area contributed by atoms with E-state index in [9.17, 15) is 0 Å². The summed E-state index contributed by atoms with van der Waals surface area (Å²) < 4.78 is 5.77. The van der Waals surface area contributed by atoms with Crippen molar-refractivity contribution >= 4 is 23.2 Å². The van der Waals surface area contributed by atoms with Crippen molar-refractivity contribution in [3.8, 4) is 0 Å². The van der Waals surface area contributed by atoms with Crippen LogP contribution < -0.4 is 5.32 Å². The van der Waals surface area contributed by atoms with Gasteiger partial charge in [0, 0.05) is 25.7 Å². The standard InChI is InChI=1S/C15H22Cl2N2O/c1-3-15(11-4-5-13(16)14(17)8-11)18-9-12-10-19(2)6-7-20-12/h4-5,8,12,15,18H,3,6-7,9-10H2,1-2H3. The van der Waals surface area contributed by atoms with Gasteiger partial charge in [0.1, 0.15) is 0 Å². The molecule has 20 heavy (non-hydrogen) atoms. The maximum atomic E-state index is 6.09. The van der Waals surface area contributed by atoms with Gasteiger partial charge < -0.3 is 15.0 Å². The number of nitrogens with one attached hydrogen (secondary N) is 1. The van der Waals surface area contributed by atoms with Crippen LogP contribution in [0.4, 0.5) is 0 Å². The molecule has 1 aromatic rings. The van der Waals surface area contributed by atoms with Gasteiger partial charge in [0.2, 0.25) is 0 Å². The number of morpholine rings is 1. The summed E-state index contributed by atoms with van der Waals surface area (Å²) in [5.41, 5.74) is 1.17. The van der Waals surface area contributed by atoms with Crippen molar-refractivity contribution in [1.29, 1.82) is 0 Å². The van der Waals surface area contributed by atoms with Gasteiger partial charge in [-0.1, -0.05) is 36.2 Å². The zero-order valence-electron chi connectivity index (χ0n) is 12.0. The molecule has 1 aliphatic rings. The summed E-state index contributed by atoms with van der Waals surface area (Å²) in [5.74, 6) is 0. The molecule has 1 fully saturated rings. The molecule has 2 atom stereocenters. The molecular weight excluding hydrogens is 295 g/mol. The Labute approximate surface area is 131 Å². The minimum atomic E-state index is 0.255. The topological polar surface area (TPSA) is 24.5 Å². The maximum Gasteiger partial charge on any atom is 0.0826 e. The first-order chi connectivity index (χ1) is 9.60. The van der Waals surface area contributed by atoms with Gasteiger partial charge in [0.15, 0.2) is 0 Å². The maximum absolute atomic E-state index is 6.09. The second-order valence-electron chi connectivity index (χ2n) is 5.30. The summed E-state index contributed by atoms with van der Waals surface area (Å²) in [6, 6.07) is 6.11. The Bertz CT molecular complexity index is 442. The van der Waals surface area contributed by atoms with E-state index >= 15 is 0 Å². The van der Waals surface area contributed by atoms with Gasteiger partial charge in [0.05, 0.1) is 22.8 Å². The third-order valence-electron chi connectivity index (χ3n) is 3.69. The monoisotopic (exact) mass is 316 g/mol. The predicted molar refractivity (Wildman–Crippen MR) is 84.7 cm³/mol. The highest BCUT2D eigenvalue weighted by molar-refractivity contribution is 6.42. The second-order valence-corrected chi connectivity index (χ2v) is 6.11. The molecule has 1 N–H and O–H groups in total. The van der Waals surface area contributed by atoms with Crippen molar-refractivity contribution in [2.45, 2.75) is 25.5 Å². The highest BCUT2D eigenvalue weighted by atomic mass is 35.5. The zero-order valence-corrected chi connectivity index (χ0v) is 13.5. The number of hydrogen-bond acceptors (Lipinski definition) is 3. The van der Waals surface area contributed by atoms with Crippen molar-refractivity contribution < 1.29 is 4.74 Å². The van der Waals surface area contributed by atoms with E-state index in [0.29, 0.717) is 10.0 Å². The van der Waals surface area contributed by atoms with E-state index in [1.807, 2.05) is 18.2 Å². The lowest BCUT2D eigenvalue weighted by Gasteiger charge is -2.31. The fourth-order valence-corrected chi connectivity index (χ4v) is 2.80. The van der Waals surface area contributed by atoms with Crippen LogP contribution in [0.3, 0.4) is 0 Å². The molecule has 0 bridgehead atoms. The Morgan fingerprint density at radius 2 is 2.20 bits per heavy atom. The third-order valence-corrected chi connectivity index (χ3v) is 4.43. The molecular formula is C15H22Cl2N2O. The van der Waals surface area contributed by atoms with Crippen LogP contribution in [-0.4, -0.2) is 44.3 Å². The van der Waals surface area contributed by atoms with E-state index in [4.69, 9.17) is 27.9 Å². The summed E-state index contributed by atoms with van der Waals surface area (Å²) >= 11 is 12.1. The van der Waals surface area contributed by atoms with Crippen LogP contribution >= 0.6 is 23.2 Å². The Morgan fingerprint density at radius 3 is 2.85 bits per heavy atom. The van der Waals surface area contributed by atoms with Gasteiger partial charge in [-0.2, -0.15) is 0 Å². The van der Waals surface area contributed by atoms with E-state index in [-0.39, 0.29) is 12.1 Å². The Morgan fingerprint density at radius 1 is 1.40 bits per heavy atom. The van der Waals surface area contributed by atoms with Crippen molar-refractivity contribution in [3.63, 3.8) is 0 Å². The molecule has 0 amide bonds. The van der Waals surface area contributed by atoms with Crippen LogP contribution in [-0.2, 0) is 4.74 Å². The second kappa shape index (κ2) is 7.62. The van der Waals surface area contributed by atoms with Gasteiger partial charge in [-0.15, -0.1) is 0 Å². The molecule has 1 heterocycles. The zero-order chi connectivity index (χ0) is 14.5. The lowest BCUT2D eigenvalue weighted by molar-refractivity contribution is -0.0193. The van der Waals surface area contributed by atoms with Crippen molar-refractivity contribution in [3.05, 3.63) is 33.8 Å². The molecule has 1 aromatic carbocycles. The van der Waals surface area contributed by atoms with Crippen LogP contribution in [0.5, 0.6) is 0 Å². The van der Waals surface area contributed by atoms with Crippen molar-refractivity contribution in [1.82, 2.24) is 10.2 Å². The Hall–Kier alpha value is -0.320. The molecule has 1 saturated heterocycles. The van der Waals surface area contributed by atoms with Gasteiger partial charge in [-0.05, 0) is 31.2 Å². The number of hydrogen-bond donors (Lipinski definition) is 1. The molecule has 2 rings (SSSR count). The van der Waals surface area contributed by atoms with E-state index < -0.39 is 0 Å². The van der Waals surface area contributed by atoms with E-state index in [2.05, 4.69) is 24.2 Å². The number of ether oxygens (including phenoxy) is 1. The smallest absolute Gasteiger partial charge is 0.0826 e. The van der Waals surface area contributed by atoms with E-state index in [0.717, 1.165) is 32.7 Å². The summed E-state index contributed by atoms with van der Waals surface area (Å²) in [4.78, 5) is 2.30. The third kappa shape index (κ3) is 4.34. The minimum absolute atomic E-state index is 0.255. The molecule has 0 saturated carbocycles. The van der Waals surface area contributed by atoms with Gasteiger partial charge in [-0.3, -0.25) is 0 Å². The van der Waals surface area contributed by atoms with Gasteiger partial charge >= 0.3 is 0 Å². The van der Waals surface area contributed by atoms with Crippen LogP contribution in [0.15, 0.2) is 18.2 Å². The van der Waals surface area contributed by atoms with Crippen LogP contribution in [0.2, 0.25) is 10.0 Å². The largest absolute Gasteiger partial charge is 0.374 e. The van der Waals surface area contributed by atoms with Crippen molar-refractivity contribution in [2.75, 3.05) is 33.3 Å². The average Bonchev–Trinajstić information content (AvgIpc) is 2.43. The number of likely N-dealkylation sites (N-methyl/N-ethyl adjacent to an activating group) is 1. The average molecular weight is 317 g/mol. The SMILES string of the molecule is CCC(NCC1CN(C)CCO1)c1ccc(Cl)c(Cl)c1. The fraction of sp³-hybridized carbons (Fsp3) is 0.600. The molecule has 0 aliphatic carbocycles. The molecule has 112 valence electrons. The molecule has 0 radical (unpaired) electrons.